The molecule has 1 aromatic carbocycles. The van der Waals surface area contributed by atoms with E-state index in [1.165, 1.54) is 0 Å². The molecule has 0 atom stereocenters. The maximum atomic E-state index is 12.4. The van der Waals surface area contributed by atoms with Crippen LogP contribution in [0.2, 0.25) is 0 Å². The molecule has 2 N–H and O–H groups in total. The Morgan fingerprint density at radius 2 is 2.00 bits per heavy atom. The van der Waals surface area contributed by atoms with Gasteiger partial charge in [-0.05, 0) is 78.4 Å². The molecule has 0 aliphatic carbocycles. The molecule has 1 aliphatic heterocycles. The zero-order chi connectivity index (χ0) is 19.9. The number of hydrogen-bond acceptors (Lipinski definition) is 5. The number of nitrogens with zero attached hydrogens (tertiary/aromatic N) is 2. The van der Waals surface area contributed by atoms with Crippen LogP contribution in [-0.4, -0.2) is 47.6 Å². The monoisotopic (exact) mass is 462 g/mol. The largest absolute Gasteiger partial charge is 0.325 e. The fourth-order valence-electron chi connectivity index (χ4n) is 3.14. The minimum atomic E-state index is -0.0528. The van der Waals surface area contributed by atoms with Crippen molar-refractivity contribution in [3.05, 3.63) is 47.1 Å². The van der Waals surface area contributed by atoms with Gasteiger partial charge in [0, 0.05) is 27.2 Å². The van der Waals surface area contributed by atoms with Crippen LogP contribution < -0.4 is 10.6 Å². The third kappa shape index (κ3) is 6.05. The van der Waals surface area contributed by atoms with E-state index >= 15 is 0 Å². The molecule has 148 valence electrons. The average Bonchev–Trinajstić information content (AvgIpc) is 2.70. The Bertz CT molecular complexity index is 823. The molecule has 2 amide bonds. The summed E-state index contributed by atoms with van der Waals surface area (Å²) in [6, 6.07) is 11.4. The van der Waals surface area contributed by atoms with Crippen molar-refractivity contribution in [1.82, 2.24) is 9.88 Å². The number of likely N-dealkylation sites (tertiary alicyclic amines) is 1. The molecule has 2 aromatic rings. The van der Waals surface area contributed by atoms with Gasteiger partial charge in [-0.25, -0.2) is 4.98 Å². The first-order valence-electron chi connectivity index (χ1n) is 9.12. The number of carbonyl (C=O) groups is 2. The molecule has 0 bridgehead atoms. The zero-order valence-electron chi connectivity index (χ0n) is 15.7. The molecule has 0 spiro atoms. The quantitative estimate of drug-likeness (QED) is 0.637. The van der Waals surface area contributed by atoms with Gasteiger partial charge in [-0.1, -0.05) is 6.07 Å². The molecular formula is C20H23BrN4O2S. The predicted octanol–water partition coefficient (Wildman–Crippen LogP) is 3.86. The molecule has 6 nitrogen and oxygen atoms in total. The lowest BCUT2D eigenvalue weighted by atomic mass is 9.96. The Morgan fingerprint density at radius 3 is 2.68 bits per heavy atom. The first kappa shape index (κ1) is 20.8. The molecule has 0 unspecified atom stereocenters. The molecular weight excluding hydrogens is 440 g/mol. The number of carbonyl (C=O) groups excluding carboxylic acids is 2. The molecule has 0 radical (unpaired) electrons. The second kappa shape index (κ2) is 10.0. The van der Waals surface area contributed by atoms with Crippen molar-refractivity contribution < 1.29 is 9.59 Å². The molecule has 1 fully saturated rings. The highest BCUT2D eigenvalue weighted by atomic mass is 79.9. The average molecular weight is 463 g/mol. The summed E-state index contributed by atoms with van der Waals surface area (Å²) in [4.78, 5) is 32.1. The van der Waals surface area contributed by atoms with E-state index in [1.807, 2.05) is 36.6 Å². The topological polar surface area (TPSA) is 74.3 Å². The third-order valence-electron chi connectivity index (χ3n) is 4.66. The fraction of sp³-hybridized carbons (Fsp3) is 0.350. The van der Waals surface area contributed by atoms with Crippen molar-refractivity contribution in [3.8, 4) is 0 Å². The summed E-state index contributed by atoms with van der Waals surface area (Å²) in [7, 11) is 0. The molecule has 2 heterocycles. The highest BCUT2D eigenvalue weighted by Gasteiger charge is 2.26. The van der Waals surface area contributed by atoms with E-state index in [1.54, 1.807) is 24.0 Å². The molecule has 28 heavy (non-hydrogen) atoms. The van der Waals surface area contributed by atoms with Gasteiger partial charge in [0.15, 0.2) is 0 Å². The van der Waals surface area contributed by atoms with E-state index in [-0.39, 0.29) is 17.7 Å². The number of piperidine rings is 1. The standard InChI is InChI=1S/C20H23BrN4O2S/c1-28-17-4-2-3-16(11-17)23-19(26)13-25-9-7-14(8-10-25)20(27)24-18-6-5-15(21)12-22-18/h2-6,11-12,14H,7-10,13H2,1H3,(H,23,26)(H,22,24,27). The summed E-state index contributed by atoms with van der Waals surface area (Å²) in [6.07, 6.45) is 5.13. The number of anilines is 2. The van der Waals surface area contributed by atoms with Crippen LogP contribution in [0.4, 0.5) is 11.5 Å². The predicted molar refractivity (Wildman–Crippen MR) is 117 cm³/mol. The van der Waals surface area contributed by atoms with Crippen molar-refractivity contribution in [2.75, 3.05) is 36.5 Å². The Hall–Kier alpha value is -1.90. The molecule has 0 saturated carbocycles. The number of halogens is 1. The molecule has 1 aromatic heterocycles. The van der Waals surface area contributed by atoms with Crippen LogP contribution in [0, 0.1) is 5.92 Å². The summed E-state index contributed by atoms with van der Waals surface area (Å²) in [5.74, 6) is 0.471. The second-order valence-corrected chi connectivity index (χ2v) is 8.48. The summed E-state index contributed by atoms with van der Waals surface area (Å²) < 4.78 is 0.872. The summed E-state index contributed by atoms with van der Waals surface area (Å²) in [5.41, 5.74) is 0.813. The summed E-state index contributed by atoms with van der Waals surface area (Å²) >= 11 is 4.97. The zero-order valence-corrected chi connectivity index (χ0v) is 18.1. The number of amides is 2. The van der Waals surface area contributed by atoms with Gasteiger partial charge in [0.05, 0.1) is 6.54 Å². The number of benzene rings is 1. The van der Waals surface area contributed by atoms with Crippen LogP contribution in [0.15, 0.2) is 52.0 Å². The maximum absolute atomic E-state index is 12.4. The van der Waals surface area contributed by atoms with Crippen molar-refractivity contribution in [1.29, 1.82) is 0 Å². The smallest absolute Gasteiger partial charge is 0.238 e. The number of aromatic nitrogens is 1. The lowest BCUT2D eigenvalue weighted by Crippen LogP contribution is -2.41. The van der Waals surface area contributed by atoms with Crippen molar-refractivity contribution in [3.63, 3.8) is 0 Å². The number of nitrogens with one attached hydrogen (secondary N) is 2. The Labute approximate surface area is 177 Å². The van der Waals surface area contributed by atoms with Crippen LogP contribution >= 0.6 is 27.7 Å². The highest BCUT2D eigenvalue weighted by molar-refractivity contribution is 9.10. The van der Waals surface area contributed by atoms with Gasteiger partial charge >= 0.3 is 0 Å². The van der Waals surface area contributed by atoms with Gasteiger partial charge in [-0.3, -0.25) is 14.5 Å². The SMILES string of the molecule is CSc1cccc(NC(=O)CN2CCC(C(=O)Nc3ccc(Br)cn3)CC2)c1. The summed E-state index contributed by atoms with van der Waals surface area (Å²) in [6.45, 7) is 1.79. The Balaban J connectivity index is 1.43. The van der Waals surface area contributed by atoms with Crippen molar-refractivity contribution in [2.24, 2.45) is 5.92 Å². The van der Waals surface area contributed by atoms with E-state index in [4.69, 9.17) is 0 Å². The number of pyridine rings is 1. The number of hydrogen-bond donors (Lipinski definition) is 2. The first-order valence-corrected chi connectivity index (χ1v) is 11.1. The van der Waals surface area contributed by atoms with Crippen LogP contribution in [-0.2, 0) is 9.59 Å². The van der Waals surface area contributed by atoms with Crippen LogP contribution in [0.3, 0.4) is 0 Å². The minimum absolute atomic E-state index is 0.00666. The molecule has 8 heteroatoms. The van der Waals surface area contributed by atoms with Gasteiger partial charge in [0.25, 0.3) is 0 Å². The fourth-order valence-corrected chi connectivity index (χ4v) is 3.83. The van der Waals surface area contributed by atoms with Crippen molar-refractivity contribution >= 4 is 51.0 Å². The Morgan fingerprint density at radius 1 is 1.21 bits per heavy atom. The van der Waals surface area contributed by atoms with Gasteiger partial charge in [0.1, 0.15) is 5.82 Å². The van der Waals surface area contributed by atoms with Gasteiger partial charge in [-0.15, -0.1) is 11.8 Å². The lowest BCUT2D eigenvalue weighted by Gasteiger charge is -2.30. The number of thioether (sulfide) groups is 1. The number of rotatable bonds is 6. The van der Waals surface area contributed by atoms with Crippen LogP contribution in [0.5, 0.6) is 0 Å². The van der Waals surface area contributed by atoms with E-state index in [2.05, 4.69) is 36.4 Å². The van der Waals surface area contributed by atoms with Gasteiger partial charge < -0.3 is 10.6 Å². The van der Waals surface area contributed by atoms with E-state index in [0.717, 1.165) is 41.0 Å². The molecule has 3 rings (SSSR count). The summed E-state index contributed by atoms with van der Waals surface area (Å²) in [5, 5.41) is 5.82. The van der Waals surface area contributed by atoms with E-state index in [0.29, 0.717) is 12.4 Å². The lowest BCUT2D eigenvalue weighted by molar-refractivity contribution is -0.121. The molecule has 1 saturated heterocycles. The first-order chi connectivity index (χ1) is 13.5. The van der Waals surface area contributed by atoms with E-state index < -0.39 is 0 Å². The van der Waals surface area contributed by atoms with Gasteiger partial charge in [0.2, 0.25) is 11.8 Å². The van der Waals surface area contributed by atoms with Crippen LogP contribution in [0.25, 0.3) is 0 Å². The molecule has 1 aliphatic rings. The minimum Gasteiger partial charge on any atom is -0.325 e. The highest BCUT2D eigenvalue weighted by Crippen LogP contribution is 2.21. The van der Waals surface area contributed by atoms with Crippen LogP contribution in [0.1, 0.15) is 12.8 Å². The normalized spacial score (nSPS) is 15.2. The second-order valence-electron chi connectivity index (χ2n) is 6.68. The van der Waals surface area contributed by atoms with E-state index in [9.17, 15) is 9.59 Å². The Kier molecular flexibility index (Phi) is 7.47. The third-order valence-corrected chi connectivity index (χ3v) is 5.85. The van der Waals surface area contributed by atoms with Crippen molar-refractivity contribution in [2.45, 2.75) is 17.7 Å². The van der Waals surface area contributed by atoms with Gasteiger partial charge in [-0.2, -0.15) is 0 Å². The maximum Gasteiger partial charge on any atom is 0.238 e.